The Balaban J connectivity index is 0.000000169. The van der Waals surface area contributed by atoms with E-state index in [1.54, 1.807) is 0 Å². The Morgan fingerprint density at radius 3 is 1.02 bits per heavy atom. The first-order valence-corrected chi connectivity index (χ1v) is 19.0. The zero-order valence-corrected chi connectivity index (χ0v) is 32.4. The van der Waals surface area contributed by atoms with Crippen LogP contribution in [0.3, 0.4) is 0 Å². The van der Waals surface area contributed by atoms with Crippen LogP contribution in [0.2, 0.25) is 0 Å². The van der Waals surface area contributed by atoms with Crippen molar-refractivity contribution < 1.29 is 0 Å². The van der Waals surface area contributed by atoms with Crippen molar-refractivity contribution in [3.63, 3.8) is 0 Å². The van der Waals surface area contributed by atoms with Crippen molar-refractivity contribution in [1.82, 2.24) is 0 Å². The summed E-state index contributed by atoms with van der Waals surface area (Å²) in [4.78, 5) is 4.63. The molecule has 2 heteroatoms. The normalized spacial score (nSPS) is 10.6. The van der Waals surface area contributed by atoms with Crippen LogP contribution in [0.25, 0.3) is 22.3 Å². The molecule has 0 bridgehead atoms. The minimum Gasteiger partial charge on any atom is -0.310 e. The highest BCUT2D eigenvalue weighted by molar-refractivity contribution is 5.82. The highest BCUT2D eigenvalue weighted by Crippen LogP contribution is 2.38. The predicted molar refractivity (Wildman–Crippen MR) is 237 cm³/mol. The Kier molecular flexibility index (Phi) is 11.4. The number of nitrogens with zero attached hydrogens (tertiary/aromatic N) is 2. The summed E-state index contributed by atoms with van der Waals surface area (Å²) in [7, 11) is 0. The van der Waals surface area contributed by atoms with Crippen molar-refractivity contribution in [3.8, 4) is 22.3 Å². The molecule has 0 aromatic heterocycles. The monoisotopic (exact) mass is 712 g/mol. The fourth-order valence-corrected chi connectivity index (χ4v) is 6.83. The summed E-state index contributed by atoms with van der Waals surface area (Å²) in [6.07, 6.45) is 0. The third kappa shape index (κ3) is 8.95. The zero-order chi connectivity index (χ0) is 38.1. The van der Waals surface area contributed by atoms with Crippen LogP contribution < -0.4 is 9.80 Å². The van der Waals surface area contributed by atoms with Gasteiger partial charge in [-0.2, -0.15) is 0 Å². The van der Waals surface area contributed by atoms with Crippen molar-refractivity contribution in [3.05, 3.63) is 228 Å². The van der Waals surface area contributed by atoms with Crippen molar-refractivity contribution in [2.75, 3.05) is 9.80 Å². The first kappa shape index (κ1) is 36.7. The van der Waals surface area contributed by atoms with Crippen molar-refractivity contribution in [2.45, 2.75) is 34.6 Å². The summed E-state index contributed by atoms with van der Waals surface area (Å²) < 4.78 is 0. The van der Waals surface area contributed by atoms with Crippen molar-refractivity contribution >= 4 is 34.1 Å². The molecule has 0 unspecified atom stereocenters. The maximum Gasteiger partial charge on any atom is 0.0467 e. The quantitative estimate of drug-likeness (QED) is 0.155. The second-order valence-corrected chi connectivity index (χ2v) is 14.3. The van der Waals surface area contributed by atoms with Gasteiger partial charge in [0.15, 0.2) is 0 Å². The number of rotatable bonds is 8. The molecule has 0 aliphatic carbocycles. The minimum atomic E-state index is 1.16. The molecule has 8 aromatic rings. The molecule has 8 aromatic carbocycles. The average Bonchev–Trinajstić information content (AvgIpc) is 3.22. The van der Waals surface area contributed by atoms with E-state index in [4.69, 9.17) is 0 Å². The molecule has 0 saturated carbocycles. The van der Waals surface area contributed by atoms with Gasteiger partial charge in [-0.3, -0.25) is 0 Å². The Labute approximate surface area is 327 Å². The first-order valence-electron chi connectivity index (χ1n) is 19.0. The molecule has 55 heavy (non-hydrogen) atoms. The van der Waals surface area contributed by atoms with Crippen LogP contribution in [0, 0.1) is 34.6 Å². The summed E-state index contributed by atoms with van der Waals surface area (Å²) in [6.45, 7) is 10.7. The van der Waals surface area contributed by atoms with E-state index in [2.05, 4.69) is 245 Å². The first-order chi connectivity index (χ1) is 26.8. The van der Waals surface area contributed by atoms with Gasteiger partial charge in [0.05, 0.1) is 0 Å². The van der Waals surface area contributed by atoms with Crippen LogP contribution in [-0.4, -0.2) is 0 Å². The van der Waals surface area contributed by atoms with Gasteiger partial charge in [0.1, 0.15) is 0 Å². The SMILES string of the molecule is Cc1ccc(N(c2ccc(C)cc2)c2cccc(-c3ccccc3)c2)cc1.Cc1ccc(N(c2ccc(C)cc2)c2cccc(-c3ccccc3C)c2)cc1. The number of hydrogen-bond donors (Lipinski definition) is 0. The van der Waals surface area contributed by atoms with Crippen molar-refractivity contribution in [1.29, 1.82) is 0 Å². The van der Waals surface area contributed by atoms with Crippen LogP contribution in [0.15, 0.2) is 200 Å². The molecule has 0 radical (unpaired) electrons. The molecule has 8 rings (SSSR count). The molecule has 270 valence electrons. The van der Waals surface area contributed by atoms with E-state index in [1.165, 1.54) is 50.1 Å². The fraction of sp³-hybridized carbons (Fsp3) is 0.0943. The lowest BCUT2D eigenvalue weighted by atomic mass is 10.00. The molecule has 0 fully saturated rings. The van der Waals surface area contributed by atoms with Gasteiger partial charge >= 0.3 is 0 Å². The Morgan fingerprint density at radius 2 is 0.600 bits per heavy atom. The number of aryl methyl sites for hydroxylation is 5. The number of benzene rings is 8. The van der Waals surface area contributed by atoms with Crippen LogP contribution in [0.5, 0.6) is 0 Å². The van der Waals surface area contributed by atoms with Gasteiger partial charge in [-0.05, 0) is 135 Å². The Hall–Kier alpha value is -6.64. The topological polar surface area (TPSA) is 6.48 Å². The largest absolute Gasteiger partial charge is 0.310 e. The lowest BCUT2D eigenvalue weighted by molar-refractivity contribution is 1.27. The second kappa shape index (κ2) is 17.0. The van der Waals surface area contributed by atoms with E-state index in [0.717, 1.165) is 34.1 Å². The molecule has 0 saturated heterocycles. The molecule has 0 N–H and O–H groups in total. The summed E-state index contributed by atoms with van der Waals surface area (Å²) in [6, 6.07) is 71.4. The second-order valence-electron chi connectivity index (χ2n) is 14.3. The van der Waals surface area contributed by atoms with Gasteiger partial charge in [0.2, 0.25) is 0 Å². The van der Waals surface area contributed by atoms with Gasteiger partial charge in [-0.1, -0.05) is 150 Å². The molecule has 2 nitrogen and oxygen atoms in total. The third-order valence-corrected chi connectivity index (χ3v) is 9.94. The lowest BCUT2D eigenvalue weighted by Crippen LogP contribution is -2.10. The Bertz CT molecular complexity index is 2350. The minimum absolute atomic E-state index is 1.16. The maximum absolute atomic E-state index is 2.32. The van der Waals surface area contributed by atoms with Gasteiger partial charge in [0, 0.05) is 34.1 Å². The van der Waals surface area contributed by atoms with E-state index < -0.39 is 0 Å². The van der Waals surface area contributed by atoms with Crippen molar-refractivity contribution in [2.24, 2.45) is 0 Å². The molecule has 0 aliphatic rings. The molecular weight excluding hydrogens is 665 g/mol. The van der Waals surface area contributed by atoms with E-state index in [-0.39, 0.29) is 0 Å². The van der Waals surface area contributed by atoms with Crippen LogP contribution in [-0.2, 0) is 0 Å². The Morgan fingerprint density at radius 1 is 0.255 bits per heavy atom. The average molecular weight is 713 g/mol. The van der Waals surface area contributed by atoms with E-state index in [0.29, 0.717) is 0 Å². The fourth-order valence-electron chi connectivity index (χ4n) is 6.83. The zero-order valence-electron chi connectivity index (χ0n) is 32.4. The van der Waals surface area contributed by atoms with E-state index in [9.17, 15) is 0 Å². The summed E-state index contributed by atoms with van der Waals surface area (Å²) in [5, 5.41) is 0. The lowest BCUT2D eigenvalue weighted by Gasteiger charge is -2.26. The summed E-state index contributed by atoms with van der Waals surface area (Å²) in [5.41, 5.74) is 18.3. The van der Waals surface area contributed by atoms with Gasteiger partial charge in [-0.25, -0.2) is 0 Å². The van der Waals surface area contributed by atoms with Gasteiger partial charge < -0.3 is 9.80 Å². The number of anilines is 6. The molecule has 0 amide bonds. The number of hydrogen-bond acceptors (Lipinski definition) is 2. The standard InChI is InChI=1S/C27H25N.C26H23N/c1-20-11-15-24(16-12-20)28(25-17-13-21(2)14-18-25)26-9-6-8-23(19-26)27-10-5-4-7-22(27)3;1-20-11-15-24(16-12-20)27(25-17-13-21(2)14-18-25)26-10-6-9-23(19-26)22-7-4-3-5-8-22/h4-19H,1-3H3;3-19H,1-2H3. The predicted octanol–water partition coefficient (Wildman–Crippen LogP) is 15.2. The summed E-state index contributed by atoms with van der Waals surface area (Å²) >= 11 is 0. The van der Waals surface area contributed by atoms with E-state index in [1.807, 2.05) is 0 Å². The van der Waals surface area contributed by atoms with Crippen LogP contribution in [0.1, 0.15) is 27.8 Å². The van der Waals surface area contributed by atoms with Crippen LogP contribution >= 0.6 is 0 Å². The summed E-state index contributed by atoms with van der Waals surface area (Å²) in [5.74, 6) is 0. The molecular formula is C53H48N2. The maximum atomic E-state index is 2.32. The van der Waals surface area contributed by atoms with Gasteiger partial charge in [0.25, 0.3) is 0 Å². The third-order valence-electron chi connectivity index (χ3n) is 9.94. The molecule has 0 heterocycles. The molecule has 0 atom stereocenters. The smallest absolute Gasteiger partial charge is 0.0467 e. The molecule has 0 spiro atoms. The highest BCUT2D eigenvalue weighted by Gasteiger charge is 2.15. The van der Waals surface area contributed by atoms with Crippen LogP contribution in [0.4, 0.5) is 34.1 Å². The molecule has 0 aliphatic heterocycles. The highest BCUT2D eigenvalue weighted by atomic mass is 15.1. The van der Waals surface area contributed by atoms with Gasteiger partial charge in [-0.15, -0.1) is 0 Å². The van der Waals surface area contributed by atoms with E-state index >= 15 is 0 Å².